The van der Waals surface area contributed by atoms with Crippen molar-refractivity contribution in [1.29, 1.82) is 0 Å². The van der Waals surface area contributed by atoms with E-state index in [1.807, 2.05) is 6.07 Å². The maximum atomic E-state index is 5.70. The highest BCUT2D eigenvalue weighted by molar-refractivity contribution is 5.17. The second-order valence-electron chi connectivity index (χ2n) is 3.31. The van der Waals surface area contributed by atoms with Crippen molar-refractivity contribution in [2.24, 2.45) is 0 Å². The van der Waals surface area contributed by atoms with E-state index >= 15 is 0 Å². The largest absolute Gasteiger partial charge is 0.369 e. The first-order valence-corrected chi connectivity index (χ1v) is 5.16. The summed E-state index contributed by atoms with van der Waals surface area (Å²) in [4.78, 5) is 0. The summed E-state index contributed by atoms with van der Waals surface area (Å²) < 4.78 is 5.70. The summed E-state index contributed by atoms with van der Waals surface area (Å²) in [5, 5.41) is 0. The molecule has 0 N–H and O–H groups in total. The van der Waals surface area contributed by atoms with E-state index in [2.05, 4.69) is 37.8 Å². The lowest BCUT2D eigenvalue weighted by atomic mass is 10.1. The van der Waals surface area contributed by atoms with Crippen LogP contribution in [0.1, 0.15) is 31.4 Å². The summed E-state index contributed by atoms with van der Waals surface area (Å²) >= 11 is 0. The van der Waals surface area contributed by atoms with Crippen LogP contribution in [0, 0.1) is 0 Å². The molecule has 14 heavy (non-hydrogen) atoms. The van der Waals surface area contributed by atoms with Crippen molar-refractivity contribution in [3.8, 4) is 0 Å². The van der Waals surface area contributed by atoms with Gasteiger partial charge in [-0.3, -0.25) is 0 Å². The zero-order valence-corrected chi connectivity index (χ0v) is 8.78. The lowest BCUT2D eigenvalue weighted by molar-refractivity contribution is 0.0670. The lowest BCUT2D eigenvalue weighted by Gasteiger charge is -2.16. The van der Waals surface area contributed by atoms with Crippen LogP contribution in [0.3, 0.4) is 0 Å². The summed E-state index contributed by atoms with van der Waals surface area (Å²) in [7, 11) is 0. The molecule has 0 bridgehead atoms. The molecule has 1 rings (SSSR count). The Labute approximate surface area is 86.4 Å². The fourth-order valence-electron chi connectivity index (χ4n) is 1.46. The number of hydrogen-bond donors (Lipinski definition) is 0. The van der Waals surface area contributed by atoms with Crippen molar-refractivity contribution >= 4 is 0 Å². The van der Waals surface area contributed by atoms with E-state index < -0.39 is 0 Å². The molecule has 1 unspecified atom stereocenters. The van der Waals surface area contributed by atoms with E-state index in [1.54, 1.807) is 6.08 Å². The highest BCUT2D eigenvalue weighted by Crippen LogP contribution is 2.22. The smallest absolute Gasteiger partial charge is 0.0829 e. The Morgan fingerprint density at radius 2 is 2.07 bits per heavy atom. The standard InChI is InChI=1S/C13H18O/c1-3-8-13(14-11-4-2)12-9-6-5-7-10-12/h4-7,9-10,13H,2-3,8,11H2,1H3. The second kappa shape index (κ2) is 6.39. The third-order valence-corrected chi connectivity index (χ3v) is 2.14. The molecule has 1 atom stereocenters. The molecule has 1 aromatic carbocycles. The molecule has 0 saturated carbocycles. The highest BCUT2D eigenvalue weighted by atomic mass is 16.5. The molecule has 1 heteroatoms. The van der Waals surface area contributed by atoms with Gasteiger partial charge in [0, 0.05) is 0 Å². The molecule has 0 aliphatic carbocycles. The minimum atomic E-state index is 0.221. The summed E-state index contributed by atoms with van der Waals surface area (Å²) in [6.07, 6.45) is 4.22. The molecular formula is C13H18O. The summed E-state index contributed by atoms with van der Waals surface area (Å²) in [5.74, 6) is 0. The molecule has 0 heterocycles. The van der Waals surface area contributed by atoms with Gasteiger partial charge in [-0.15, -0.1) is 6.58 Å². The number of hydrogen-bond acceptors (Lipinski definition) is 1. The van der Waals surface area contributed by atoms with E-state index in [1.165, 1.54) is 5.56 Å². The summed E-state index contributed by atoms with van der Waals surface area (Å²) in [6.45, 7) is 6.46. The van der Waals surface area contributed by atoms with Gasteiger partial charge in [-0.1, -0.05) is 49.8 Å². The van der Waals surface area contributed by atoms with Crippen LogP contribution in [-0.2, 0) is 4.74 Å². The fraction of sp³-hybridized carbons (Fsp3) is 0.385. The van der Waals surface area contributed by atoms with Crippen LogP contribution in [0.2, 0.25) is 0 Å². The van der Waals surface area contributed by atoms with Crippen molar-refractivity contribution in [3.05, 3.63) is 48.6 Å². The topological polar surface area (TPSA) is 9.23 Å². The van der Waals surface area contributed by atoms with Gasteiger partial charge in [0.05, 0.1) is 12.7 Å². The molecule has 76 valence electrons. The third kappa shape index (κ3) is 3.35. The molecule has 0 saturated heterocycles. The van der Waals surface area contributed by atoms with E-state index in [0.717, 1.165) is 12.8 Å². The van der Waals surface area contributed by atoms with Gasteiger partial charge in [-0.25, -0.2) is 0 Å². The van der Waals surface area contributed by atoms with Crippen LogP contribution in [0.4, 0.5) is 0 Å². The number of rotatable bonds is 6. The molecular weight excluding hydrogens is 172 g/mol. The van der Waals surface area contributed by atoms with Crippen LogP contribution < -0.4 is 0 Å². The van der Waals surface area contributed by atoms with Crippen LogP contribution in [0.25, 0.3) is 0 Å². The Bertz CT molecular complexity index is 253. The quantitative estimate of drug-likeness (QED) is 0.621. The zero-order valence-electron chi connectivity index (χ0n) is 8.78. The average molecular weight is 190 g/mol. The van der Waals surface area contributed by atoms with E-state index in [4.69, 9.17) is 4.74 Å². The maximum absolute atomic E-state index is 5.70. The van der Waals surface area contributed by atoms with Gasteiger partial charge in [0.15, 0.2) is 0 Å². The van der Waals surface area contributed by atoms with Gasteiger partial charge >= 0.3 is 0 Å². The zero-order chi connectivity index (χ0) is 10.2. The third-order valence-electron chi connectivity index (χ3n) is 2.14. The minimum Gasteiger partial charge on any atom is -0.369 e. The predicted octanol–water partition coefficient (Wildman–Crippen LogP) is 3.73. The Hall–Kier alpha value is -1.08. The van der Waals surface area contributed by atoms with Crippen molar-refractivity contribution < 1.29 is 4.74 Å². The maximum Gasteiger partial charge on any atom is 0.0829 e. The molecule has 0 aromatic heterocycles. The second-order valence-corrected chi connectivity index (χ2v) is 3.31. The van der Waals surface area contributed by atoms with E-state index in [9.17, 15) is 0 Å². The first-order valence-electron chi connectivity index (χ1n) is 5.16. The first-order chi connectivity index (χ1) is 6.88. The molecule has 0 radical (unpaired) electrons. The van der Waals surface area contributed by atoms with Crippen molar-refractivity contribution in [1.82, 2.24) is 0 Å². The summed E-state index contributed by atoms with van der Waals surface area (Å²) in [5.41, 5.74) is 1.26. The van der Waals surface area contributed by atoms with E-state index in [0.29, 0.717) is 6.61 Å². The van der Waals surface area contributed by atoms with Gasteiger partial charge in [-0.05, 0) is 12.0 Å². The molecule has 1 nitrogen and oxygen atoms in total. The van der Waals surface area contributed by atoms with Crippen molar-refractivity contribution in [2.75, 3.05) is 6.61 Å². The van der Waals surface area contributed by atoms with E-state index in [-0.39, 0.29) is 6.10 Å². The fourth-order valence-corrected chi connectivity index (χ4v) is 1.46. The van der Waals surface area contributed by atoms with Crippen LogP contribution in [0.5, 0.6) is 0 Å². The number of benzene rings is 1. The predicted molar refractivity (Wildman–Crippen MR) is 60.2 cm³/mol. The van der Waals surface area contributed by atoms with Gasteiger partial charge in [0.1, 0.15) is 0 Å². The van der Waals surface area contributed by atoms with Crippen LogP contribution in [0.15, 0.2) is 43.0 Å². The van der Waals surface area contributed by atoms with Crippen molar-refractivity contribution in [2.45, 2.75) is 25.9 Å². The van der Waals surface area contributed by atoms with Crippen LogP contribution >= 0.6 is 0 Å². The molecule has 0 aliphatic heterocycles. The normalized spacial score (nSPS) is 12.4. The Morgan fingerprint density at radius 3 is 2.64 bits per heavy atom. The first kappa shape index (κ1) is 11.0. The Balaban J connectivity index is 2.62. The average Bonchev–Trinajstić information content (AvgIpc) is 2.25. The molecule has 1 aromatic rings. The minimum absolute atomic E-state index is 0.221. The molecule has 0 aliphatic rings. The monoisotopic (exact) mass is 190 g/mol. The molecule has 0 spiro atoms. The van der Waals surface area contributed by atoms with Gasteiger partial charge in [0.2, 0.25) is 0 Å². The van der Waals surface area contributed by atoms with Gasteiger partial charge < -0.3 is 4.74 Å². The van der Waals surface area contributed by atoms with Gasteiger partial charge in [-0.2, -0.15) is 0 Å². The Kier molecular flexibility index (Phi) is 5.02. The van der Waals surface area contributed by atoms with Crippen LogP contribution in [-0.4, -0.2) is 6.61 Å². The van der Waals surface area contributed by atoms with Gasteiger partial charge in [0.25, 0.3) is 0 Å². The van der Waals surface area contributed by atoms with Crippen molar-refractivity contribution in [3.63, 3.8) is 0 Å². The lowest BCUT2D eigenvalue weighted by Crippen LogP contribution is -2.03. The SMILES string of the molecule is C=CCOC(CCC)c1ccccc1. The highest BCUT2D eigenvalue weighted by Gasteiger charge is 2.08. The number of ether oxygens (including phenoxy) is 1. The molecule has 0 amide bonds. The Morgan fingerprint density at radius 1 is 1.36 bits per heavy atom. The molecule has 0 fully saturated rings. The summed E-state index contributed by atoms with van der Waals surface area (Å²) in [6, 6.07) is 10.4.